The summed E-state index contributed by atoms with van der Waals surface area (Å²) < 4.78 is 14.5. The number of benzene rings is 1. The van der Waals surface area contributed by atoms with E-state index in [1.807, 2.05) is 6.92 Å². The molecule has 0 unspecified atom stereocenters. The minimum atomic E-state index is -0.285. The lowest BCUT2D eigenvalue weighted by molar-refractivity contribution is 0.625. The number of nitrogens with one attached hydrogen (secondary N) is 1. The van der Waals surface area contributed by atoms with E-state index in [1.54, 1.807) is 29.7 Å². The van der Waals surface area contributed by atoms with E-state index in [0.29, 0.717) is 23.4 Å². The Labute approximate surface area is 114 Å². The fourth-order valence-electron chi connectivity index (χ4n) is 2.30. The Morgan fingerprint density at radius 2 is 1.95 bits per heavy atom. The van der Waals surface area contributed by atoms with Gasteiger partial charge in [0.25, 0.3) is 5.56 Å². The average molecular weight is 271 g/mol. The lowest BCUT2D eigenvalue weighted by Gasteiger charge is -2.09. The molecule has 0 atom stereocenters. The van der Waals surface area contributed by atoms with E-state index < -0.39 is 0 Å². The molecule has 0 saturated heterocycles. The van der Waals surface area contributed by atoms with Gasteiger partial charge >= 0.3 is 0 Å². The molecule has 0 spiro atoms. The highest BCUT2D eigenvalue weighted by molar-refractivity contribution is 5.75. The highest BCUT2D eigenvalue weighted by Gasteiger charge is 2.10. The summed E-state index contributed by atoms with van der Waals surface area (Å²) in [6.07, 6.45) is 0. The van der Waals surface area contributed by atoms with Gasteiger partial charge in [-0.15, -0.1) is 0 Å². The molecule has 0 aliphatic heterocycles. The summed E-state index contributed by atoms with van der Waals surface area (Å²) in [6, 6.07) is 7.93. The second-order valence-electron chi connectivity index (χ2n) is 4.89. The van der Waals surface area contributed by atoms with Crippen LogP contribution in [0.2, 0.25) is 0 Å². The standard InChI is InChI=1S/C15H14FN3O/c1-9-7-13-14(17-9)18-10(2)19(15(13)20)8-11-3-5-12(16)6-4-11/h3-7,17H,8H2,1-2H3. The molecule has 0 amide bonds. The molecule has 2 heterocycles. The van der Waals surface area contributed by atoms with Gasteiger partial charge in [-0.25, -0.2) is 9.37 Å². The molecule has 3 aromatic rings. The van der Waals surface area contributed by atoms with Crippen LogP contribution in [0.4, 0.5) is 4.39 Å². The third kappa shape index (κ3) is 2.11. The van der Waals surface area contributed by atoms with E-state index in [1.165, 1.54) is 12.1 Å². The molecule has 102 valence electrons. The second-order valence-corrected chi connectivity index (χ2v) is 4.89. The van der Waals surface area contributed by atoms with Crippen LogP contribution in [0.15, 0.2) is 35.1 Å². The van der Waals surface area contributed by atoms with Crippen LogP contribution in [0, 0.1) is 19.7 Å². The quantitative estimate of drug-likeness (QED) is 0.778. The first kappa shape index (κ1) is 12.6. The third-order valence-corrected chi connectivity index (χ3v) is 3.33. The van der Waals surface area contributed by atoms with Gasteiger partial charge in [-0.1, -0.05) is 12.1 Å². The number of H-pyrrole nitrogens is 1. The first-order valence-electron chi connectivity index (χ1n) is 6.36. The molecule has 0 aliphatic carbocycles. The van der Waals surface area contributed by atoms with Gasteiger partial charge in [-0.3, -0.25) is 9.36 Å². The number of fused-ring (bicyclic) bond motifs is 1. The summed E-state index contributed by atoms with van der Waals surface area (Å²) in [7, 11) is 0. The lowest BCUT2D eigenvalue weighted by Crippen LogP contribution is -2.24. The Morgan fingerprint density at radius 3 is 2.65 bits per heavy atom. The molecular formula is C15H14FN3O. The first-order valence-corrected chi connectivity index (χ1v) is 6.36. The summed E-state index contributed by atoms with van der Waals surface area (Å²) in [5, 5.41) is 0.579. The van der Waals surface area contributed by atoms with Crippen LogP contribution in [0.3, 0.4) is 0 Å². The van der Waals surface area contributed by atoms with Gasteiger partial charge in [0.05, 0.1) is 11.9 Å². The van der Waals surface area contributed by atoms with E-state index in [9.17, 15) is 9.18 Å². The highest BCUT2D eigenvalue weighted by Crippen LogP contribution is 2.11. The van der Waals surface area contributed by atoms with Crippen molar-refractivity contribution in [2.24, 2.45) is 0 Å². The number of aromatic amines is 1. The molecular weight excluding hydrogens is 257 g/mol. The number of rotatable bonds is 2. The molecule has 0 radical (unpaired) electrons. The van der Waals surface area contributed by atoms with Gasteiger partial charge < -0.3 is 4.98 Å². The summed E-state index contributed by atoms with van der Waals surface area (Å²) in [6.45, 7) is 4.07. The maximum atomic E-state index is 12.9. The highest BCUT2D eigenvalue weighted by atomic mass is 19.1. The molecule has 0 bridgehead atoms. The van der Waals surface area contributed by atoms with E-state index in [2.05, 4.69) is 9.97 Å². The van der Waals surface area contributed by atoms with Crippen LogP contribution in [0.1, 0.15) is 17.1 Å². The van der Waals surface area contributed by atoms with Crippen molar-refractivity contribution < 1.29 is 4.39 Å². The molecule has 0 saturated carbocycles. The molecule has 3 rings (SSSR count). The summed E-state index contributed by atoms with van der Waals surface area (Å²) in [5.41, 5.74) is 2.30. The summed E-state index contributed by atoms with van der Waals surface area (Å²) >= 11 is 0. The molecule has 1 N–H and O–H groups in total. The van der Waals surface area contributed by atoms with Crippen LogP contribution in [0.25, 0.3) is 11.0 Å². The number of nitrogens with zero attached hydrogens (tertiary/aromatic N) is 2. The second kappa shape index (κ2) is 4.59. The molecule has 2 aromatic heterocycles. The number of halogens is 1. The van der Waals surface area contributed by atoms with Crippen LogP contribution in [-0.4, -0.2) is 14.5 Å². The van der Waals surface area contributed by atoms with Crippen molar-refractivity contribution >= 4 is 11.0 Å². The van der Waals surface area contributed by atoms with Crippen LogP contribution < -0.4 is 5.56 Å². The predicted molar refractivity (Wildman–Crippen MR) is 75.3 cm³/mol. The fourth-order valence-corrected chi connectivity index (χ4v) is 2.30. The Bertz CT molecular complexity index is 831. The van der Waals surface area contributed by atoms with Gasteiger partial charge in [0.2, 0.25) is 0 Å². The maximum Gasteiger partial charge on any atom is 0.263 e. The minimum absolute atomic E-state index is 0.0822. The Balaban J connectivity index is 2.11. The Hall–Kier alpha value is -2.43. The maximum absolute atomic E-state index is 12.9. The van der Waals surface area contributed by atoms with Crippen LogP contribution in [-0.2, 0) is 6.54 Å². The third-order valence-electron chi connectivity index (χ3n) is 3.33. The molecule has 0 fully saturated rings. The molecule has 20 heavy (non-hydrogen) atoms. The summed E-state index contributed by atoms with van der Waals surface area (Å²) in [4.78, 5) is 19.9. The predicted octanol–water partition coefficient (Wildman–Crippen LogP) is 2.53. The van der Waals surface area contributed by atoms with Crippen molar-refractivity contribution in [3.05, 3.63) is 63.6 Å². The topological polar surface area (TPSA) is 50.7 Å². The number of hydrogen-bond acceptors (Lipinski definition) is 2. The number of hydrogen-bond donors (Lipinski definition) is 1. The smallest absolute Gasteiger partial charge is 0.263 e. The molecule has 5 heteroatoms. The zero-order chi connectivity index (χ0) is 14.3. The summed E-state index contributed by atoms with van der Waals surface area (Å²) in [5.74, 6) is 0.348. The van der Waals surface area contributed by atoms with E-state index in [-0.39, 0.29) is 11.4 Å². The average Bonchev–Trinajstić information content (AvgIpc) is 2.77. The van der Waals surface area contributed by atoms with Crippen molar-refractivity contribution in [3.63, 3.8) is 0 Å². The molecule has 4 nitrogen and oxygen atoms in total. The van der Waals surface area contributed by atoms with Crippen molar-refractivity contribution in [3.8, 4) is 0 Å². The lowest BCUT2D eigenvalue weighted by atomic mass is 10.2. The van der Waals surface area contributed by atoms with Crippen molar-refractivity contribution in [1.82, 2.24) is 14.5 Å². The van der Waals surface area contributed by atoms with Gasteiger partial charge in [0.15, 0.2) is 0 Å². The van der Waals surface area contributed by atoms with E-state index in [0.717, 1.165) is 11.3 Å². The SMILES string of the molecule is Cc1cc2c(=O)n(Cc3ccc(F)cc3)c(C)nc2[nH]1. The zero-order valence-corrected chi connectivity index (χ0v) is 11.3. The zero-order valence-electron chi connectivity index (χ0n) is 11.3. The monoisotopic (exact) mass is 271 g/mol. The van der Waals surface area contributed by atoms with Crippen molar-refractivity contribution in [2.75, 3.05) is 0 Å². The minimum Gasteiger partial charge on any atom is -0.343 e. The van der Waals surface area contributed by atoms with Crippen molar-refractivity contribution in [2.45, 2.75) is 20.4 Å². The fraction of sp³-hybridized carbons (Fsp3) is 0.200. The van der Waals surface area contributed by atoms with Gasteiger partial charge in [-0.05, 0) is 37.6 Å². The molecule has 0 aliphatic rings. The van der Waals surface area contributed by atoms with Gasteiger partial charge in [-0.2, -0.15) is 0 Å². The molecule has 1 aromatic carbocycles. The van der Waals surface area contributed by atoms with Crippen molar-refractivity contribution in [1.29, 1.82) is 0 Å². The van der Waals surface area contributed by atoms with E-state index >= 15 is 0 Å². The van der Waals surface area contributed by atoms with Crippen LogP contribution >= 0.6 is 0 Å². The number of aromatic nitrogens is 3. The Morgan fingerprint density at radius 1 is 1.25 bits per heavy atom. The van der Waals surface area contributed by atoms with E-state index in [4.69, 9.17) is 0 Å². The normalized spacial score (nSPS) is 11.2. The van der Waals surface area contributed by atoms with Crippen LogP contribution in [0.5, 0.6) is 0 Å². The Kier molecular flexibility index (Phi) is 2.89. The van der Waals surface area contributed by atoms with Gasteiger partial charge in [0, 0.05) is 5.69 Å². The van der Waals surface area contributed by atoms with Gasteiger partial charge in [0.1, 0.15) is 17.3 Å². The number of aryl methyl sites for hydroxylation is 2. The first-order chi connectivity index (χ1) is 9.54. The largest absolute Gasteiger partial charge is 0.343 e.